The van der Waals surface area contributed by atoms with E-state index >= 15 is 0 Å². The van der Waals surface area contributed by atoms with Crippen LogP contribution in [-0.4, -0.2) is 22.7 Å². The summed E-state index contributed by atoms with van der Waals surface area (Å²) in [6.07, 6.45) is -0.537. The molecule has 0 N–H and O–H groups in total. The molecule has 5 heteroatoms. The summed E-state index contributed by atoms with van der Waals surface area (Å²) in [5.41, 5.74) is -0.790. The fourth-order valence-electron chi connectivity index (χ4n) is 2.87. The third-order valence-electron chi connectivity index (χ3n) is 4.30. The molecule has 0 aromatic heterocycles. The Balaban J connectivity index is 2.31. The number of hydrogen-bond donors (Lipinski definition) is 0. The summed E-state index contributed by atoms with van der Waals surface area (Å²) in [5, 5.41) is 0. The number of esters is 1. The van der Waals surface area contributed by atoms with Gasteiger partial charge in [-0.05, 0) is 33.3 Å². The second-order valence-electron chi connectivity index (χ2n) is 6.76. The molecule has 1 saturated heterocycles. The van der Waals surface area contributed by atoms with Gasteiger partial charge in [0.25, 0.3) is 0 Å². The van der Waals surface area contributed by atoms with Gasteiger partial charge in [-0.25, -0.2) is 0 Å². The molecule has 3 atom stereocenters. The molecule has 0 saturated carbocycles. The zero-order chi connectivity index (χ0) is 16.7. The first kappa shape index (κ1) is 17.7. The minimum atomic E-state index is -1.10. The van der Waals surface area contributed by atoms with E-state index in [-0.39, 0.29) is 15.4 Å². The van der Waals surface area contributed by atoms with Crippen molar-refractivity contribution in [3.63, 3.8) is 0 Å². The van der Waals surface area contributed by atoms with Gasteiger partial charge in [0, 0.05) is 0 Å². The average Bonchev–Trinajstić information content (AvgIpc) is 2.49. The zero-order valence-corrected chi connectivity index (χ0v) is 16.3. The Morgan fingerprint density at radius 1 is 1.05 bits per heavy atom. The highest BCUT2D eigenvalue weighted by molar-refractivity contribution is 9.12. The van der Waals surface area contributed by atoms with Crippen molar-refractivity contribution >= 4 is 43.6 Å². The van der Waals surface area contributed by atoms with Crippen LogP contribution in [0.25, 0.3) is 0 Å². The Hall–Kier alpha value is -0.680. The van der Waals surface area contributed by atoms with E-state index in [1.807, 2.05) is 44.2 Å². The summed E-state index contributed by atoms with van der Waals surface area (Å²) >= 11 is 7.29. The number of hydrogen-bond acceptors (Lipinski definition) is 3. The van der Waals surface area contributed by atoms with E-state index in [1.54, 1.807) is 13.8 Å². The van der Waals surface area contributed by atoms with Crippen molar-refractivity contribution in [2.45, 2.75) is 43.5 Å². The summed E-state index contributed by atoms with van der Waals surface area (Å²) in [4.78, 5) is 24.6. The third kappa shape index (κ3) is 2.90. The Labute approximate surface area is 148 Å². The highest BCUT2D eigenvalue weighted by Crippen LogP contribution is 2.46. The lowest BCUT2D eigenvalue weighted by Crippen LogP contribution is -2.58. The maximum Gasteiger partial charge on any atom is 0.319 e. The summed E-state index contributed by atoms with van der Waals surface area (Å²) in [7, 11) is 0. The van der Waals surface area contributed by atoms with Crippen molar-refractivity contribution in [2.75, 3.05) is 0 Å². The Morgan fingerprint density at radius 2 is 1.59 bits per heavy atom. The molecule has 1 aromatic rings. The van der Waals surface area contributed by atoms with Gasteiger partial charge in [-0.2, -0.15) is 0 Å². The number of cyclic esters (lactones) is 1. The minimum absolute atomic E-state index is 0.0696. The summed E-state index contributed by atoms with van der Waals surface area (Å²) in [6.45, 7) is 6.93. The van der Waals surface area contributed by atoms with E-state index < -0.39 is 22.9 Å². The maximum absolute atomic E-state index is 12.7. The van der Waals surface area contributed by atoms with Gasteiger partial charge in [-0.15, -0.1) is 0 Å². The smallest absolute Gasteiger partial charge is 0.319 e. The molecule has 3 nitrogen and oxygen atoms in total. The molecule has 1 heterocycles. The number of Topliss-reactive ketones (excluding diaryl/α,β-unsaturated/α-hetero) is 1. The first-order chi connectivity index (χ1) is 10.1. The summed E-state index contributed by atoms with van der Waals surface area (Å²) < 4.78 is 5.66. The highest BCUT2D eigenvalue weighted by atomic mass is 79.9. The van der Waals surface area contributed by atoms with Crippen LogP contribution in [0, 0.1) is 10.8 Å². The number of carbonyl (C=O) groups is 2. The SMILES string of the molecule is CC1(C)C(=O)O[C@H]([C@@H](Br)[C@H](Br)c2ccccc2)C(C)(C)C1=O. The van der Waals surface area contributed by atoms with E-state index in [9.17, 15) is 9.59 Å². The van der Waals surface area contributed by atoms with Gasteiger partial charge in [0.05, 0.1) is 15.1 Å². The van der Waals surface area contributed by atoms with E-state index in [4.69, 9.17) is 4.74 Å². The molecular formula is C17H20Br2O3. The zero-order valence-electron chi connectivity index (χ0n) is 13.1. The second kappa shape index (κ2) is 6.08. The van der Waals surface area contributed by atoms with Gasteiger partial charge < -0.3 is 4.74 Å². The number of carbonyl (C=O) groups excluding carboxylic acids is 2. The van der Waals surface area contributed by atoms with Crippen molar-refractivity contribution in [1.82, 2.24) is 0 Å². The quantitative estimate of drug-likeness (QED) is 0.403. The van der Waals surface area contributed by atoms with Crippen molar-refractivity contribution in [1.29, 1.82) is 0 Å². The van der Waals surface area contributed by atoms with Crippen LogP contribution < -0.4 is 0 Å². The Kier molecular flexibility index (Phi) is 4.88. The molecule has 1 aliphatic heterocycles. The fourth-order valence-corrected chi connectivity index (χ4v) is 4.53. The first-order valence-corrected chi connectivity index (χ1v) is 9.02. The van der Waals surface area contributed by atoms with Crippen LogP contribution in [0.5, 0.6) is 0 Å². The topological polar surface area (TPSA) is 43.4 Å². The standard InChI is InChI=1S/C17H20Br2O3/c1-16(2)13(22-15(21)17(3,4)14(16)20)12(19)11(18)10-8-6-5-7-9-10/h5-9,11-13H,1-4H3/t11-,12+,13-/m1/s1. The minimum Gasteiger partial charge on any atom is -0.459 e. The lowest BCUT2D eigenvalue weighted by Gasteiger charge is -2.45. The molecule has 0 radical (unpaired) electrons. The van der Waals surface area contributed by atoms with E-state index in [0.717, 1.165) is 5.56 Å². The monoisotopic (exact) mass is 430 g/mol. The molecule has 22 heavy (non-hydrogen) atoms. The van der Waals surface area contributed by atoms with Crippen molar-refractivity contribution in [2.24, 2.45) is 10.8 Å². The van der Waals surface area contributed by atoms with Crippen LogP contribution >= 0.6 is 31.9 Å². The third-order valence-corrected chi connectivity index (χ3v) is 7.11. The van der Waals surface area contributed by atoms with Gasteiger partial charge in [-0.1, -0.05) is 62.2 Å². The van der Waals surface area contributed by atoms with Crippen molar-refractivity contribution in [3.05, 3.63) is 35.9 Å². The lowest BCUT2D eigenvalue weighted by atomic mass is 9.67. The van der Waals surface area contributed by atoms with Crippen LogP contribution in [-0.2, 0) is 14.3 Å². The second-order valence-corrected chi connectivity index (χ2v) is 8.80. The van der Waals surface area contributed by atoms with Gasteiger partial charge in [0.1, 0.15) is 11.5 Å². The van der Waals surface area contributed by atoms with Gasteiger partial charge in [-0.3, -0.25) is 9.59 Å². The lowest BCUT2D eigenvalue weighted by molar-refractivity contribution is -0.185. The van der Waals surface area contributed by atoms with Crippen LogP contribution in [0.3, 0.4) is 0 Å². The van der Waals surface area contributed by atoms with Crippen LogP contribution in [0.2, 0.25) is 0 Å². The normalized spacial score (nSPS) is 26.2. The predicted molar refractivity (Wildman–Crippen MR) is 93.3 cm³/mol. The van der Waals surface area contributed by atoms with Crippen LogP contribution in [0.4, 0.5) is 0 Å². The molecule has 0 aliphatic carbocycles. The number of rotatable bonds is 3. The molecule has 2 rings (SSSR count). The van der Waals surface area contributed by atoms with E-state index in [2.05, 4.69) is 31.9 Å². The molecule has 1 aliphatic rings. The number of ketones is 1. The molecule has 1 aromatic carbocycles. The van der Waals surface area contributed by atoms with Gasteiger partial charge in [0.15, 0.2) is 5.78 Å². The van der Waals surface area contributed by atoms with Crippen molar-refractivity contribution in [3.8, 4) is 0 Å². The molecule has 1 fully saturated rings. The largest absolute Gasteiger partial charge is 0.459 e. The van der Waals surface area contributed by atoms with Crippen LogP contribution in [0.1, 0.15) is 38.1 Å². The molecular weight excluding hydrogens is 412 g/mol. The van der Waals surface area contributed by atoms with Crippen molar-refractivity contribution < 1.29 is 14.3 Å². The average molecular weight is 432 g/mol. The molecule has 0 spiro atoms. The van der Waals surface area contributed by atoms with E-state index in [0.29, 0.717) is 0 Å². The first-order valence-electron chi connectivity index (χ1n) is 7.19. The van der Waals surface area contributed by atoms with E-state index in [1.165, 1.54) is 0 Å². The number of benzene rings is 1. The predicted octanol–water partition coefficient (Wildman–Crippen LogP) is 4.43. The Morgan fingerprint density at radius 3 is 2.14 bits per heavy atom. The molecule has 120 valence electrons. The molecule has 0 bridgehead atoms. The van der Waals surface area contributed by atoms with Gasteiger partial charge >= 0.3 is 5.97 Å². The van der Waals surface area contributed by atoms with Gasteiger partial charge in [0.2, 0.25) is 0 Å². The number of ether oxygens (including phenoxy) is 1. The van der Waals surface area contributed by atoms with Crippen LogP contribution in [0.15, 0.2) is 30.3 Å². The summed E-state index contributed by atoms with van der Waals surface area (Å²) in [6, 6.07) is 9.85. The molecule has 0 unspecified atom stereocenters. The highest BCUT2D eigenvalue weighted by Gasteiger charge is 2.57. The maximum atomic E-state index is 12.7. The number of halogens is 2. The summed E-state index contributed by atoms with van der Waals surface area (Å²) in [5.74, 6) is -0.544. The Bertz CT molecular complexity index is 581. The number of alkyl halides is 2. The molecule has 0 amide bonds. The fraction of sp³-hybridized carbons (Fsp3) is 0.529.